The zero-order valence-corrected chi connectivity index (χ0v) is 20.9. The van der Waals surface area contributed by atoms with Crippen molar-refractivity contribution in [3.63, 3.8) is 0 Å². The lowest BCUT2D eigenvalue weighted by atomic mass is 10.00. The van der Waals surface area contributed by atoms with Gasteiger partial charge in [-0.1, -0.05) is 0 Å². The summed E-state index contributed by atoms with van der Waals surface area (Å²) in [6, 6.07) is 8.77. The fourth-order valence-electron chi connectivity index (χ4n) is 4.11. The Labute approximate surface area is 221 Å². The highest BCUT2D eigenvalue weighted by Crippen LogP contribution is 2.29. The van der Waals surface area contributed by atoms with E-state index in [2.05, 4.69) is 26.0 Å². The van der Waals surface area contributed by atoms with Gasteiger partial charge in [0.15, 0.2) is 17.5 Å². The number of hydrogen-bond acceptors (Lipinski definition) is 7. The van der Waals surface area contributed by atoms with Gasteiger partial charge in [0.1, 0.15) is 17.7 Å². The number of aromatic nitrogens is 3. The van der Waals surface area contributed by atoms with E-state index in [0.29, 0.717) is 24.9 Å². The first-order valence-electron chi connectivity index (χ1n) is 11.7. The molecule has 0 aliphatic rings. The number of rotatable bonds is 10. The molecule has 2 atom stereocenters. The molecule has 202 valence electrons. The number of carbonyl (C=O) groups is 1. The van der Waals surface area contributed by atoms with Gasteiger partial charge in [-0.3, -0.25) is 4.68 Å². The molecule has 0 unspecified atom stereocenters. The van der Waals surface area contributed by atoms with Gasteiger partial charge in [0.05, 0.1) is 42.5 Å². The molecule has 2 aromatic carbocycles. The Hall–Kier alpha value is -4.83. The summed E-state index contributed by atoms with van der Waals surface area (Å²) < 4.78 is 49.8. The minimum absolute atomic E-state index is 0.00976. The fourth-order valence-corrected chi connectivity index (χ4v) is 4.11. The molecule has 0 aliphatic carbocycles. The highest BCUT2D eigenvalue weighted by Gasteiger charge is 2.25. The molecule has 1 amide bonds. The SMILES string of the molecule is COCCn1ncc2cc(Nc3nc(N[C@H](c4cc(F)cc(F)c4)[C@H](C)NC(=O)O)c(F)cc3C#N)ccc21. The standard InChI is InChI=1S/C26H24F3N7O3/c1-14(32-26(37)38)23(15-7-18(27)11-19(28)8-15)34-25-21(29)10-16(12-30)24(35-25)33-20-3-4-22-17(9-20)13-31-36(22)5-6-39-2/h3-4,7-11,13-14,23,32H,5-6H2,1-2H3,(H,37,38)(H2,33,34,35)/t14-,23-/m0/s1. The first-order chi connectivity index (χ1) is 18.7. The summed E-state index contributed by atoms with van der Waals surface area (Å²) in [5, 5.41) is 31.8. The normalized spacial score (nSPS) is 12.5. The highest BCUT2D eigenvalue weighted by atomic mass is 19.1. The lowest BCUT2D eigenvalue weighted by Crippen LogP contribution is -2.39. The molecular formula is C26H24F3N7O3. The third-order valence-electron chi connectivity index (χ3n) is 5.90. The van der Waals surface area contributed by atoms with E-state index in [1.807, 2.05) is 12.1 Å². The Morgan fingerprint density at radius 2 is 1.90 bits per heavy atom. The maximum Gasteiger partial charge on any atom is 0.404 e. The van der Waals surface area contributed by atoms with Gasteiger partial charge >= 0.3 is 6.09 Å². The van der Waals surface area contributed by atoms with Crippen molar-refractivity contribution < 1.29 is 27.8 Å². The van der Waals surface area contributed by atoms with Gasteiger partial charge in [0.2, 0.25) is 0 Å². The molecular weight excluding hydrogens is 515 g/mol. The summed E-state index contributed by atoms with van der Waals surface area (Å²) in [6.07, 6.45) is 0.286. The van der Waals surface area contributed by atoms with E-state index in [1.165, 1.54) is 6.92 Å². The molecule has 0 saturated heterocycles. The van der Waals surface area contributed by atoms with Crippen LogP contribution in [0.3, 0.4) is 0 Å². The van der Waals surface area contributed by atoms with E-state index in [-0.39, 0.29) is 22.8 Å². The molecule has 4 aromatic rings. The number of methoxy groups -OCH3 is 1. The van der Waals surface area contributed by atoms with Crippen LogP contribution in [0.1, 0.15) is 24.1 Å². The van der Waals surface area contributed by atoms with Crippen molar-refractivity contribution in [1.82, 2.24) is 20.1 Å². The second kappa shape index (κ2) is 11.7. The monoisotopic (exact) mass is 539 g/mol. The van der Waals surface area contributed by atoms with E-state index in [0.717, 1.165) is 29.1 Å². The average Bonchev–Trinajstić information content (AvgIpc) is 3.28. The molecule has 0 saturated carbocycles. The average molecular weight is 540 g/mol. The number of carboxylic acid groups (broad SMARTS) is 1. The number of benzene rings is 2. The van der Waals surface area contributed by atoms with Crippen LogP contribution in [-0.4, -0.2) is 45.7 Å². The van der Waals surface area contributed by atoms with Crippen LogP contribution in [0, 0.1) is 28.8 Å². The van der Waals surface area contributed by atoms with Crippen LogP contribution in [0.25, 0.3) is 10.9 Å². The van der Waals surface area contributed by atoms with E-state index in [4.69, 9.17) is 4.74 Å². The van der Waals surface area contributed by atoms with Crippen molar-refractivity contribution >= 4 is 34.3 Å². The van der Waals surface area contributed by atoms with Gasteiger partial charge in [0.25, 0.3) is 0 Å². The zero-order valence-electron chi connectivity index (χ0n) is 20.9. The quantitative estimate of drug-likeness (QED) is 0.223. The lowest BCUT2D eigenvalue weighted by Gasteiger charge is -2.26. The van der Waals surface area contributed by atoms with Crippen molar-refractivity contribution in [2.24, 2.45) is 0 Å². The van der Waals surface area contributed by atoms with Gasteiger partial charge in [-0.2, -0.15) is 10.4 Å². The summed E-state index contributed by atoms with van der Waals surface area (Å²) in [4.78, 5) is 15.5. The van der Waals surface area contributed by atoms with Gasteiger partial charge in [-0.25, -0.2) is 22.9 Å². The summed E-state index contributed by atoms with van der Waals surface area (Å²) in [7, 11) is 1.60. The largest absolute Gasteiger partial charge is 0.465 e. The minimum Gasteiger partial charge on any atom is -0.465 e. The van der Waals surface area contributed by atoms with Crippen molar-refractivity contribution in [2.75, 3.05) is 24.4 Å². The van der Waals surface area contributed by atoms with Crippen LogP contribution < -0.4 is 16.0 Å². The van der Waals surface area contributed by atoms with E-state index >= 15 is 4.39 Å². The molecule has 4 N–H and O–H groups in total. The van der Waals surface area contributed by atoms with Crippen LogP contribution in [0.5, 0.6) is 0 Å². The molecule has 0 fully saturated rings. The maximum absolute atomic E-state index is 15.0. The number of halogens is 3. The second-order valence-electron chi connectivity index (χ2n) is 8.65. The van der Waals surface area contributed by atoms with Crippen molar-refractivity contribution in [3.8, 4) is 6.07 Å². The Morgan fingerprint density at radius 1 is 1.15 bits per heavy atom. The van der Waals surface area contributed by atoms with Crippen LogP contribution in [-0.2, 0) is 11.3 Å². The summed E-state index contributed by atoms with van der Waals surface area (Å²) in [5.41, 5.74) is 1.32. The molecule has 0 bridgehead atoms. The fraction of sp³-hybridized carbons (Fsp3) is 0.231. The third-order valence-corrected chi connectivity index (χ3v) is 5.90. The first kappa shape index (κ1) is 27.2. The molecule has 39 heavy (non-hydrogen) atoms. The smallest absolute Gasteiger partial charge is 0.404 e. The molecule has 0 spiro atoms. The van der Waals surface area contributed by atoms with E-state index < -0.39 is 35.6 Å². The van der Waals surface area contributed by atoms with E-state index in [1.54, 1.807) is 30.1 Å². The minimum atomic E-state index is -1.39. The Balaban J connectivity index is 1.68. The number of amides is 1. The molecule has 10 nitrogen and oxygen atoms in total. The maximum atomic E-state index is 15.0. The molecule has 13 heteroatoms. The first-order valence-corrected chi connectivity index (χ1v) is 11.7. The molecule has 2 aromatic heterocycles. The zero-order chi connectivity index (χ0) is 28.1. The van der Waals surface area contributed by atoms with Crippen molar-refractivity contribution in [1.29, 1.82) is 5.26 Å². The van der Waals surface area contributed by atoms with Crippen LogP contribution in [0.15, 0.2) is 48.7 Å². The number of fused-ring (bicyclic) bond motifs is 1. The van der Waals surface area contributed by atoms with Gasteiger partial charge in [0, 0.05) is 24.2 Å². The van der Waals surface area contributed by atoms with Crippen LogP contribution in [0.2, 0.25) is 0 Å². The van der Waals surface area contributed by atoms with Gasteiger partial charge in [-0.15, -0.1) is 0 Å². The summed E-state index contributed by atoms with van der Waals surface area (Å²) >= 11 is 0. The number of hydrogen-bond donors (Lipinski definition) is 4. The third kappa shape index (κ3) is 6.36. The number of ether oxygens (including phenoxy) is 1. The Bertz CT molecular complexity index is 1530. The Kier molecular flexibility index (Phi) is 8.16. The van der Waals surface area contributed by atoms with Gasteiger partial charge in [-0.05, 0) is 48.9 Å². The van der Waals surface area contributed by atoms with Crippen molar-refractivity contribution in [3.05, 3.63) is 77.2 Å². The molecule has 4 rings (SSSR count). The van der Waals surface area contributed by atoms with Gasteiger partial charge < -0.3 is 25.8 Å². The molecule has 2 heterocycles. The predicted octanol–water partition coefficient (Wildman–Crippen LogP) is 4.92. The van der Waals surface area contributed by atoms with Crippen LogP contribution in [0.4, 0.5) is 35.3 Å². The molecule has 0 radical (unpaired) electrons. The summed E-state index contributed by atoms with van der Waals surface area (Å²) in [6.45, 7) is 2.49. The number of nitrogens with one attached hydrogen (secondary N) is 3. The lowest BCUT2D eigenvalue weighted by molar-refractivity contribution is 0.185. The number of anilines is 3. The molecule has 0 aliphatic heterocycles. The van der Waals surface area contributed by atoms with Crippen molar-refractivity contribution in [2.45, 2.75) is 25.6 Å². The second-order valence-corrected chi connectivity index (χ2v) is 8.65. The summed E-state index contributed by atoms with van der Waals surface area (Å²) in [5.74, 6) is -3.06. The Morgan fingerprint density at radius 3 is 2.56 bits per heavy atom. The number of pyridine rings is 1. The number of nitrogens with zero attached hydrogens (tertiary/aromatic N) is 4. The predicted molar refractivity (Wildman–Crippen MR) is 137 cm³/mol. The van der Waals surface area contributed by atoms with E-state index in [9.17, 15) is 23.9 Å². The van der Waals surface area contributed by atoms with Crippen LogP contribution >= 0.6 is 0 Å². The highest BCUT2D eigenvalue weighted by molar-refractivity contribution is 5.83. The topological polar surface area (TPSA) is 137 Å². The number of nitriles is 1.